The standard InChI is InChI=1S/C22H25ClN4O4/c1-14-19(15(2)31-26-14)12-22(28)27-7-9-30-21(13-27)20-11-17(24-25-20)6-8-29-18-5-3-4-16(23)10-18/h3-5,10-11,21H,6-9,12-13H2,1-2H3,(H,24,25). The first-order valence-corrected chi connectivity index (χ1v) is 10.6. The molecule has 0 saturated carbocycles. The normalized spacial score (nSPS) is 16.5. The Bertz CT molecular complexity index is 1030. The number of aromatic nitrogens is 3. The number of benzene rings is 1. The van der Waals surface area contributed by atoms with Crippen LogP contribution in [0, 0.1) is 13.8 Å². The molecule has 0 aliphatic carbocycles. The average molecular weight is 445 g/mol. The quantitative estimate of drug-likeness (QED) is 0.600. The highest BCUT2D eigenvalue weighted by Gasteiger charge is 2.28. The van der Waals surface area contributed by atoms with E-state index in [1.54, 1.807) is 6.07 Å². The molecule has 1 amide bonds. The van der Waals surface area contributed by atoms with E-state index in [9.17, 15) is 4.79 Å². The van der Waals surface area contributed by atoms with Gasteiger partial charge in [-0.15, -0.1) is 0 Å². The van der Waals surface area contributed by atoms with Gasteiger partial charge in [-0.05, 0) is 38.1 Å². The van der Waals surface area contributed by atoms with Crippen molar-refractivity contribution in [2.45, 2.75) is 32.8 Å². The van der Waals surface area contributed by atoms with Gasteiger partial charge in [0, 0.05) is 29.2 Å². The molecule has 1 saturated heterocycles. The van der Waals surface area contributed by atoms with Crippen LogP contribution in [0.2, 0.25) is 5.02 Å². The highest BCUT2D eigenvalue weighted by molar-refractivity contribution is 6.30. The predicted octanol–water partition coefficient (Wildman–Crippen LogP) is 3.43. The van der Waals surface area contributed by atoms with Gasteiger partial charge in [0.05, 0.1) is 37.6 Å². The lowest BCUT2D eigenvalue weighted by molar-refractivity contribution is -0.138. The Morgan fingerprint density at radius 1 is 1.35 bits per heavy atom. The third-order valence-electron chi connectivity index (χ3n) is 5.35. The molecule has 4 rings (SSSR count). The van der Waals surface area contributed by atoms with Crippen LogP contribution in [0.4, 0.5) is 0 Å². The van der Waals surface area contributed by atoms with Crippen molar-refractivity contribution < 1.29 is 18.8 Å². The molecule has 9 heteroatoms. The van der Waals surface area contributed by atoms with E-state index in [1.165, 1.54) is 0 Å². The first-order chi connectivity index (χ1) is 15.0. The number of nitrogens with zero attached hydrogens (tertiary/aromatic N) is 3. The van der Waals surface area contributed by atoms with Crippen molar-refractivity contribution in [3.8, 4) is 5.75 Å². The van der Waals surface area contributed by atoms with Crippen LogP contribution in [-0.2, 0) is 22.4 Å². The molecule has 2 aromatic heterocycles. The molecule has 1 aliphatic rings. The van der Waals surface area contributed by atoms with Crippen molar-refractivity contribution in [2.75, 3.05) is 26.3 Å². The maximum atomic E-state index is 12.8. The van der Waals surface area contributed by atoms with E-state index in [4.69, 9.17) is 25.6 Å². The van der Waals surface area contributed by atoms with Crippen molar-refractivity contribution in [3.63, 3.8) is 0 Å². The fraction of sp³-hybridized carbons (Fsp3) is 0.409. The van der Waals surface area contributed by atoms with Crippen LogP contribution in [0.3, 0.4) is 0 Å². The summed E-state index contributed by atoms with van der Waals surface area (Å²) in [5, 5.41) is 12.0. The second-order valence-corrected chi connectivity index (χ2v) is 7.99. The van der Waals surface area contributed by atoms with Crippen molar-refractivity contribution in [3.05, 3.63) is 63.8 Å². The Morgan fingerprint density at radius 2 is 2.23 bits per heavy atom. The monoisotopic (exact) mass is 444 g/mol. The van der Waals surface area contributed by atoms with Crippen LogP contribution in [0.5, 0.6) is 5.75 Å². The SMILES string of the molecule is Cc1noc(C)c1CC(=O)N1CCOC(c2cc(CCOc3cccc(Cl)c3)[nH]n2)C1. The largest absolute Gasteiger partial charge is 0.493 e. The first-order valence-electron chi connectivity index (χ1n) is 10.2. The Labute approximate surface area is 185 Å². The van der Waals surface area contributed by atoms with Gasteiger partial charge < -0.3 is 18.9 Å². The van der Waals surface area contributed by atoms with Gasteiger partial charge in [0.25, 0.3) is 0 Å². The summed E-state index contributed by atoms with van der Waals surface area (Å²) in [5.74, 6) is 1.45. The van der Waals surface area contributed by atoms with E-state index in [-0.39, 0.29) is 18.4 Å². The minimum Gasteiger partial charge on any atom is -0.493 e. The lowest BCUT2D eigenvalue weighted by atomic mass is 10.1. The Hall–Kier alpha value is -2.84. The maximum Gasteiger partial charge on any atom is 0.227 e. The lowest BCUT2D eigenvalue weighted by Gasteiger charge is -2.32. The van der Waals surface area contributed by atoms with Gasteiger partial charge in [-0.25, -0.2) is 0 Å². The number of aryl methyl sites for hydroxylation is 2. The molecule has 0 bridgehead atoms. The van der Waals surface area contributed by atoms with E-state index in [0.717, 1.165) is 28.4 Å². The lowest BCUT2D eigenvalue weighted by Crippen LogP contribution is -2.43. The van der Waals surface area contributed by atoms with Crippen molar-refractivity contribution in [2.24, 2.45) is 0 Å². The molecule has 0 radical (unpaired) electrons. The zero-order valence-corrected chi connectivity index (χ0v) is 18.3. The van der Waals surface area contributed by atoms with Gasteiger partial charge in [-0.3, -0.25) is 9.89 Å². The average Bonchev–Trinajstić information content (AvgIpc) is 3.36. The van der Waals surface area contributed by atoms with Crippen LogP contribution in [-0.4, -0.2) is 52.5 Å². The summed E-state index contributed by atoms with van der Waals surface area (Å²) in [5.41, 5.74) is 3.34. The molecule has 1 aromatic carbocycles. The number of H-pyrrole nitrogens is 1. The van der Waals surface area contributed by atoms with Crippen molar-refractivity contribution in [1.82, 2.24) is 20.3 Å². The number of ether oxygens (including phenoxy) is 2. The second kappa shape index (κ2) is 9.53. The molecule has 164 valence electrons. The van der Waals surface area contributed by atoms with Crippen LogP contribution in [0.25, 0.3) is 0 Å². The zero-order chi connectivity index (χ0) is 21.8. The Morgan fingerprint density at radius 3 is 3.00 bits per heavy atom. The topological polar surface area (TPSA) is 93.5 Å². The Kier molecular flexibility index (Phi) is 6.58. The van der Waals surface area contributed by atoms with E-state index in [2.05, 4.69) is 15.4 Å². The van der Waals surface area contributed by atoms with Crippen LogP contribution < -0.4 is 4.74 Å². The molecule has 3 aromatic rings. The van der Waals surface area contributed by atoms with Gasteiger partial charge in [0.1, 0.15) is 17.6 Å². The summed E-state index contributed by atoms with van der Waals surface area (Å²) in [6, 6.07) is 9.28. The molecule has 3 heterocycles. The smallest absolute Gasteiger partial charge is 0.227 e. The van der Waals surface area contributed by atoms with Gasteiger partial charge in [0.2, 0.25) is 5.91 Å². The summed E-state index contributed by atoms with van der Waals surface area (Å²) in [4.78, 5) is 14.6. The number of rotatable bonds is 7. The number of hydrogen-bond acceptors (Lipinski definition) is 6. The summed E-state index contributed by atoms with van der Waals surface area (Å²) >= 11 is 5.97. The van der Waals surface area contributed by atoms with Gasteiger partial charge in [-0.2, -0.15) is 5.10 Å². The molecule has 31 heavy (non-hydrogen) atoms. The molecule has 1 fully saturated rings. The van der Waals surface area contributed by atoms with E-state index < -0.39 is 0 Å². The zero-order valence-electron chi connectivity index (χ0n) is 17.6. The molecular formula is C22H25ClN4O4. The fourth-order valence-electron chi connectivity index (χ4n) is 3.58. The minimum absolute atomic E-state index is 0.0355. The number of halogens is 1. The number of aromatic amines is 1. The van der Waals surface area contributed by atoms with Gasteiger partial charge >= 0.3 is 0 Å². The van der Waals surface area contributed by atoms with E-state index in [0.29, 0.717) is 43.5 Å². The summed E-state index contributed by atoms with van der Waals surface area (Å²) < 4.78 is 16.8. The summed E-state index contributed by atoms with van der Waals surface area (Å²) in [6.45, 7) is 5.66. The van der Waals surface area contributed by atoms with Gasteiger partial charge in [-0.1, -0.05) is 22.8 Å². The molecule has 1 atom stereocenters. The van der Waals surface area contributed by atoms with Gasteiger partial charge in [0.15, 0.2) is 0 Å². The maximum absolute atomic E-state index is 12.8. The van der Waals surface area contributed by atoms with Crippen LogP contribution in [0.15, 0.2) is 34.9 Å². The number of nitrogens with one attached hydrogen (secondary N) is 1. The predicted molar refractivity (Wildman–Crippen MR) is 114 cm³/mol. The summed E-state index contributed by atoms with van der Waals surface area (Å²) in [7, 11) is 0. The fourth-order valence-corrected chi connectivity index (χ4v) is 3.76. The summed E-state index contributed by atoms with van der Waals surface area (Å²) in [6.07, 6.45) is 0.683. The number of carbonyl (C=O) groups excluding carboxylic acids is 1. The molecule has 1 aliphatic heterocycles. The Balaban J connectivity index is 1.31. The van der Waals surface area contributed by atoms with Crippen LogP contribution >= 0.6 is 11.6 Å². The molecule has 8 nitrogen and oxygen atoms in total. The number of hydrogen-bond donors (Lipinski definition) is 1. The molecule has 1 N–H and O–H groups in total. The second-order valence-electron chi connectivity index (χ2n) is 7.55. The third-order valence-corrected chi connectivity index (χ3v) is 5.58. The molecule has 1 unspecified atom stereocenters. The van der Waals surface area contributed by atoms with E-state index >= 15 is 0 Å². The third kappa shape index (κ3) is 5.26. The number of amides is 1. The molecular weight excluding hydrogens is 420 g/mol. The highest BCUT2D eigenvalue weighted by Crippen LogP contribution is 2.23. The molecule has 0 spiro atoms. The highest BCUT2D eigenvalue weighted by atomic mass is 35.5. The number of morpholine rings is 1. The minimum atomic E-state index is -0.263. The van der Waals surface area contributed by atoms with Crippen molar-refractivity contribution >= 4 is 17.5 Å². The number of carbonyl (C=O) groups is 1. The first kappa shape index (κ1) is 21.4. The van der Waals surface area contributed by atoms with Crippen LogP contribution in [0.1, 0.15) is 34.5 Å². The van der Waals surface area contributed by atoms with E-state index in [1.807, 2.05) is 43.0 Å². The van der Waals surface area contributed by atoms with Crippen molar-refractivity contribution in [1.29, 1.82) is 0 Å².